The highest BCUT2D eigenvalue weighted by Crippen LogP contribution is 2.57. The van der Waals surface area contributed by atoms with Crippen LogP contribution in [-0.4, -0.2) is 48.6 Å². The van der Waals surface area contributed by atoms with Crippen LogP contribution in [-0.2, 0) is 27.5 Å². The van der Waals surface area contributed by atoms with Gasteiger partial charge in [0, 0.05) is 44.5 Å². The van der Waals surface area contributed by atoms with Gasteiger partial charge in [-0.3, -0.25) is 19.1 Å². The largest absolute Gasteiger partial charge is 0.392 e. The van der Waals surface area contributed by atoms with Gasteiger partial charge >= 0.3 is 0 Å². The van der Waals surface area contributed by atoms with Crippen molar-refractivity contribution < 1.29 is 24.9 Å². The quantitative estimate of drug-likeness (QED) is 0.318. The van der Waals surface area contributed by atoms with E-state index in [1.54, 1.807) is 30.3 Å². The summed E-state index contributed by atoms with van der Waals surface area (Å²) in [5.41, 5.74) is -3.54. The Labute approximate surface area is 190 Å². The highest BCUT2D eigenvalue weighted by atomic mass is 35.5. The standard InChI is InChI=1S/C22H15Cl2N3O5/c1-26-19(29)21(31)16-12-6-9(23)3-5-14(12)25-17(16)18-13(8-28)11-4-2-10(24)7-15(11)27(18)22(21,32)20(26)30/h2-7,25,28,31-32H,8H2,1H3/t21-,22+/m1/s1. The van der Waals surface area contributed by atoms with Gasteiger partial charge in [0.2, 0.25) is 5.60 Å². The molecule has 0 radical (unpaired) electrons. The zero-order valence-electron chi connectivity index (χ0n) is 16.5. The molecule has 10 heteroatoms. The monoisotopic (exact) mass is 471 g/mol. The SMILES string of the molecule is CN1C(=O)[C@@]2(O)n3c(c(CO)c4ccc(Cl)cc43)-c3[nH]c4ccc(Cl)cc4c3[C@@]2(O)C1=O. The summed E-state index contributed by atoms with van der Waals surface area (Å²) in [6.45, 7) is -0.428. The van der Waals surface area contributed by atoms with Gasteiger partial charge in [-0.15, -0.1) is 0 Å². The smallest absolute Gasteiger partial charge is 0.286 e. The van der Waals surface area contributed by atoms with Crippen molar-refractivity contribution in [2.24, 2.45) is 0 Å². The molecule has 162 valence electrons. The van der Waals surface area contributed by atoms with Gasteiger partial charge in [0.15, 0.2) is 0 Å². The van der Waals surface area contributed by atoms with Crippen LogP contribution in [0.5, 0.6) is 0 Å². The number of aromatic amines is 1. The molecule has 4 N–H and O–H groups in total. The van der Waals surface area contributed by atoms with Crippen molar-refractivity contribution in [3.63, 3.8) is 0 Å². The van der Waals surface area contributed by atoms with Gasteiger partial charge in [-0.2, -0.15) is 0 Å². The number of hydrogen-bond acceptors (Lipinski definition) is 5. The summed E-state index contributed by atoms with van der Waals surface area (Å²) >= 11 is 12.4. The van der Waals surface area contributed by atoms with Gasteiger partial charge in [0.25, 0.3) is 17.5 Å². The molecule has 0 spiro atoms. The maximum Gasteiger partial charge on any atom is 0.286 e. The van der Waals surface area contributed by atoms with Crippen molar-refractivity contribution in [2.45, 2.75) is 17.9 Å². The molecule has 6 rings (SSSR count). The minimum atomic E-state index is -2.71. The Morgan fingerprint density at radius 3 is 2.41 bits per heavy atom. The molecule has 1 fully saturated rings. The molecular weight excluding hydrogens is 457 g/mol. The first-order valence-electron chi connectivity index (χ1n) is 9.69. The fraction of sp³-hybridized carbons (Fsp3) is 0.182. The minimum Gasteiger partial charge on any atom is -0.392 e. The molecular formula is C22H15Cl2N3O5. The molecule has 4 aromatic rings. The summed E-state index contributed by atoms with van der Waals surface area (Å²) in [7, 11) is 1.20. The average Bonchev–Trinajstić information content (AvgIpc) is 3.34. The molecule has 2 amide bonds. The van der Waals surface area contributed by atoms with Crippen LogP contribution in [0, 0.1) is 0 Å². The van der Waals surface area contributed by atoms with Crippen LogP contribution in [0.4, 0.5) is 0 Å². The van der Waals surface area contributed by atoms with E-state index >= 15 is 0 Å². The first-order chi connectivity index (χ1) is 15.2. The van der Waals surface area contributed by atoms with Gasteiger partial charge in [0.1, 0.15) is 0 Å². The van der Waals surface area contributed by atoms with E-state index < -0.39 is 29.7 Å². The number of hydrogen-bond donors (Lipinski definition) is 4. The van der Waals surface area contributed by atoms with Crippen molar-refractivity contribution in [3.8, 4) is 11.4 Å². The fourth-order valence-corrected chi connectivity index (χ4v) is 5.55. The number of rotatable bonds is 1. The number of H-pyrrole nitrogens is 1. The van der Waals surface area contributed by atoms with Gasteiger partial charge in [-0.25, -0.2) is 0 Å². The Morgan fingerprint density at radius 2 is 1.69 bits per heavy atom. The van der Waals surface area contributed by atoms with E-state index in [2.05, 4.69) is 4.98 Å². The number of benzene rings is 2. The lowest BCUT2D eigenvalue weighted by Gasteiger charge is -2.40. The number of halogens is 2. The third-order valence-electron chi connectivity index (χ3n) is 6.60. The number of nitrogens with one attached hydrogen (secondary N) is 1. The Bertz CT molecular complexity index is 1540. The second-order valence-corrected chi connectivity index (χ2v) is 8.97. The molecule has 0 bridgehead atoms. The molecule has 2 aromatic carbocycles. The zero-order chi connectivity index (χ0) is 22.7. The molecule has 2 aromatic heterocycles. The predicted octanol–water partition coefficient (Wildman–Crippen LogP) is 2.43. The number of likely N-dealkylation sites (tertiary alicyclic amines) is 1. The lowest BCUT2D eigenvalue weighted by atomic mass is 9.79. The summed E-state index contributed by atoms with van der Waals surface area (Å²) in [5.74, 6) is -1.98. The number of nitrogens with zero attached hydrogens (tertiary/aromatic N) is 2. The van der Waals surface area contributed by atoms with Crippen LogP contribution in [0.1, 0.15) is 11.1 Å². The average molecular weight is 472 g/mol. The van der Waals surface area contributed by atoms with Gasteiger partial charge in [0.05, 0.1) is 23.5 Å². The van der Waals surface area contributed by atoms with E-state index in [1.807, 2.05) is 0 Å². The van der Waals surface area contributed by atoms with E-state index in [1.165, 1.54) is 17.7 Å². The van der Waals surface area contributed by atoms with Crippen molar-refractivity contribution >= 4 is 56.8 Å². The lowest BCUT2D eigenvalue weighted by molar-refractivity contribution is -0.193. The molecule has 2 aliphatic heterocycles. The van der Waals surface area contributed by atoms with Crippen LogP contribution in [0.2, 0.25) is 10.0 Å². The molecule has 0 unspecified atom stereocenters. The zero-order valence-corrected chi connectivity index (χ0v) is 18.0. The number of fused-ring (bicyclic) bond motifs is 10. The second kappa shape index (κ2) is 5.92. The first kappa shape index (κ1) is 19.8. The van der Waals surface area contributed by atoms with Gasteiger partial charge < -0.3 is 20.3 Å². The number of likely N-dealkylation sites (N-methyl/N-ethyl adjacent to an activating group) is 1. The molecule has 8 nitrogen and oxygen atoms in total. The number of aliphatic hydroxyl groups excluding tert-OH is 1. The van der Waals surface area contributed by atoms with Crippen LogP contribution in [0.25, 0.3) is 33.2 Å². The summed E-state index contributed by atoms with van der Waals surface area (Å²) < 4.78 is 1.20. The van der Waals surface area contributed by atoms with Gasteiger partial charge in [-0.05, 0) is 30.3 Å². The number of carbonyl (C=O) groups excluding carboxylic acids is 2. The Morgan fingerprint density at radius 1 is 1.00 bits per heavy atom. The van der Waals surface area contributed by atoms with Crippen molar-refractivity contribution in [2.75, 3.05) is 7.05 Å². The predicted molar refractivity (Wildman–Crippen MR) is 117 cm³/mol. The number of carbonyl (C=O) groups is 2. The summed E-state index contributed by atoms with van der Waals surface area (Å²) in [4.78, 5) is 30.5. The van der Waals surface area contributed by atoms with Crippen LogP contribution in [0.15, 0.2) is 36.4 Å². The molecule has 2 aliphatic rings. The van der Waals surface area contributed by atoms with Crippen LogP contribution in [0.3, 0.4) is 0 Å². The van der Waals surface area contributed by atoms with Crippen molar-refractivity contribution in [3.05, 3.63) is 57.6 Å². The molecule has 4 heterocycles. The maximum absolute atomic E-state index is 13.3. The van der Waals surface area contributed by atoms with Crippen molar-refractivity contribution in [1.82, 2.24) is 14.5 Å². The normalized spacial score (nSPS) is 24.4. The fourth-order valence-electron chi connectivity index (χ4n) is 5.22. The Hall–Kier alpha value is -2.88. The number of aliphatic hydroxyl groups is 3. The summed E-state index contributed by atoms with van der Waals surface area (Å²) in [5, 5.41) is 35.7. The van der Waals surface area contributed by atoms with E-state index in [9.17, 15) is 24.9 Å². The van der Waals surface area contributed by atoms with E-state index in [0.717, 1.165) is 0 Å². The second-order valence-electron chi connectivity index (χ2n) is 8.10. The van der Waals surface area contributed by atoms with E-state index in [-0.39, 0.29) is 16.8 Å². The van der Waals surface area contributed by atoms with E-state index in [0.29, 0.717) is 42.5 Å². The topological polar surface area (TPSA) is 119 Å². The minimum absolute atomic E-state index is 0.0244. The van der Waals surface area contributed by atoms with E-state index in [4.69, 9.17) is 23.2 Å². The Kier molecular flexibility index (Phi) is 3.66. The summed E-state index contributed by atoms with van der Waals surface area (Å²) in [6.07, 6.45) is 0. The molecule has 0 saturated carbocycles. The highest BCUT2D eigenvalue weighted by molar-refractivity contribution is 6.32. The number of imide groups is 1. The first-order valence-corrected chi connectivity index (χ1v) is 10.5. The number of amides is 2. The summed E-state index contributed by atoms with van der Waals surface area (Å²) in [6, 6.07) is 9.64. The maximum atomic E-state index is 13.3. The highest BCUT2D eigenvalue weighted by Gasteiger charge is 2.74. The molecule has 2 atom stereocenters. The molecule has 1 saturated heterocycles. The van der Waals surface area contributed by atoms with Crippen LogP contribution < -0.4 is 0 Å². The third kappa shape index (κ3) is 1.92. The molecule has 32 heavy (non-hydrogen) atoms. The Balaban J connectivity index is 1.93. The third-order valence-corrected chi connectivity index (χ3v) is 7.07. The lowest BCUT2D eigenvalue weighted by Crippen LogP contribution is -2.58. The number of aromatic nitrogens is 2. The molecule has 0 aliphatic carbocycles. The van der Waals surface area contributed by atoms with Crippen LogP contribution >= 0.6 is 23.2 Å². The van der Waals surface area contributed by atoms with Crippen molar-refractivity contribution in [1.29, 1.82) is 0 Å². The van der Waals surface area contributed by atoms with Gasteiger partial charge in [-0.1, -0.05) is 29.3 Å².